The largest absolute Gasteiger partial charge is 0.495 e. The fraction of sp³-hybridized carbons (Fsp3) is 0.630. The molecule has 4 aliphatic heterocycles. The van der Waals surface area contributed by atoms with E-state index in [1.165, 1.54) is 7.11 Å². The lowest BCUT2D eigenvalue weighted by atomic mass is 10.0. The molecule has 0 bridgehead atoms. The number of hydrogen-bond donors (Lipinski definition) is 0. The molecule has 6 rings (SSSR count). The number of fused-ring (bicyclic) bond motifs is 3. The zero-order valence-corrected chi connectivity index (χ0v) is 23.3. The van der Waals surface area contributed by atoms with Crippen LogP contribution in [0.1, 0.15) is 34.9 Å². The molecular weight excluding hydrogens is 522 g/mol. The SMILES string of the molecule is COc1cccc2c1S(=O)(=O)Cc1c(C(=O)N3CCOCC3)nn([C@H]3CCCN(CCN4CCOCC4)C3)c1-2. The quantitative estimate of drug-likeness (QED) is 0.518. The van der Waals surface area contributed by atoms with Gasteiger partial charge < -0.3 is 19.1 Å². The summed E-state index contributed by atoms with van der Waals surface area (Å²) >= 11 is 0. The van der Waals surface area contributed by atoms with Crippen molar-refractivity contribution in [2.24, 2.45) is 0 Å². The molecule has 0 spiro atoms. The van der Waals surface area contributed by atoms with Gasteiger partial charge in [0.25, 0.3) is 5.91 Å². The Balaban J connectivity index is 1.37. The zero-order chi connectivity index (χ0) is 27.0. The number of methoxy groups -OCH3 is 1. The second-order valence-electron chi connectivity index (χ2n) is 10.7. The minimum Gasteiger partial charge on any atom is -0.495 e. The Hall–Kier alpha value is -2.51. The summed E-state index contributed by atoms with van der Waals surface area (Å²) in [7, 11) is -2.25. The third kappa shape index (κ3) is 5.20. The molecule has 3 fully saturated rings. The number of hydrogen-bond acceptors (Lipinski definition) is 9. The summed E-state index contributed by atoms with van der Waals surface area (Å²) in [6, 6.07) is 5.32. The Morgan fingerprint density at radius 1 is 1.03 bits per heavy atom. The van der Waals surface area contributed by atoms with Gasteiger partial charge in [0.1, 0.15) is 10.6 Å². The molecule has 212 valence electrons. The average Bonchev–Trinajstić information content (AvgIpc) is 3.35. The number of benzene rings is 1. The lowest BCUT2D eigenvalue weighted by Crippen LogP contribution is -2.44. The number of aromatic nitrogens is 2. The molecule has 0 N–H and O–H groups in total. The highest BCUT2D eigenvalue weighted by molar-refractivity contribution is 7.91. The normalized spacial score (nSPS) is 23.7. The van der Waals surface area contributed by atoms with Crippen molar-refractivity contribution < 1.29 is 27.4 Å². The molecule has 0 aliphatic carbocycles. The first-order chi connectivity index (χ1) is 19.0. The van der Waals surface area contributed by atoms with Crippen molar-refractivity contribution in [1.29, 1.82) is 0 Å². The second-order valence-corrected chi connectivity index (χ2v) is 12.6. The molecule has 1 aromatic heterocycles. The fourth-order valence-corrected chi connectivity index (χ4v) is 7.99. The maximum absolute atomic E-state index is 13.7. The molecule has 1 aromatic carbocycles. The number of piperidine rings is 1. The molecule has 1 atom stereocenters. The number of carbonyl (C=O) groups excluding carboxylic acids is 1. The highest BCUT2D eigenvalue weighted by atomic mass is 32.2. The number of morpholine rings is 2. The summed E-state index contributed by atoms with van der Waals surface area (Å²) in [6.45, 7) is 9.13. The Bertz CT molecular complexity index is 1320. The lowest BCUT2D eigenvalue weighted by molar-refractivity contribution is 0.0294. The third-order valence-corrected chi connectivity index (χ3v) is 9.98. The van der Waals surface area contributed by atoms with Crippen LogP contribution in [-0.2, 0) is 25.1 Å². The van der Waals surface area contributed by atoms with Crippen molar-refractivity contribution in [3.8, 4) is 17.0 Å². The minimum atomic E-state index is -3.73. The predicted molar refractivity (Wildman–Crippen MR) is 144 cm³/mol. The van der Waals surface area contributed by atoms with Crippen LogP contribution in [0.3, 0.4) is 0 Å². The Labute approximate surface area is 229 Å². The molecule has 3 saturated heterocycles. The van der Waals surface area contributed by atoms with Crippen LogP contribution in [0.5, 0.6) is 5.75 Å². The van der Waals surface area contributed by atoms with Crippen molar-refractivity contribution in [1.82, 2.24) is 24.5 Å². The van der Waals surface area contributed by atoms with Gasteiger partial charge >= 0.3 is 0 Å². The van der Waals surface area contributed by atoms with E-state index in [2.05, 4.69) is 9.80 Å². The van der Waals surface area contributed by atoms with E-state index in [9.17, 15) is 13.2 Å². The molecule has 1 amide bonds. The molecular formula is C27H37N5O6S. The molecule has 11 nitrogen and oxygen atoms in total. The van der Waals surface area contributed by atoms with Gasteiger partial charge in [-0.3, -0.25) is 19.3 Å². The van der Waals surface area contributed by atoms with E-state index < -0.39 is 9.84 Å². The van der Waals surface area contributed by atoms with Crippen LogP contribution in [0.15, 0.2) is 23.1 Å². The van der Waals surface area contributed by atoms with Crippen LogP contribution in [0.4, 0.5) is 0 Å². The van der Waals surface area contributed by atoms with Gasteiger partial charge in [0.2, 0.25) is 0 Å². The summed E-state index contributed by atoms with van der Waals surface area (Å²) in [5.41, 5.74) is 2.04. The van der Waals surface area contributed by atoms with E-state index in [1.54, 1.807) is 17.0 Å². The molecule has 5 heterocycles. The molecule has 4 aliphatic rings. The van der Waals surface area contributed by atoms with E-state index in [1.807, 2.05) is 10.7 Å². The minimum absolute atomic E-state index is 0.0308. The van der Waals surface area contributed by atoms with Crippen LogP contribution in [0.2, 0.25) is 0 Å². The van der Waals surface area contributed by atoms with Gasteiger partial charge in [-0.25, -0.2) is 8.42 Å². The monoisotopic (exact) mass is 559 g/mol. The van der Waals surface area contributed by atoms with Crippen LogP contribution in [-0.4, -0.2) is 125 Å². The van der Waals surface area contributed by atoms with E-state index in [-0.39, 0.29) is 28.3 Å². The Morgan fingerprint density at radius 2 is 1.74 bits per heavy atom. The average molecular weight is 560 g/mol. The van der Waals surface area contributed by atoms with Crippen LogP contribution in [0.25, 0.3) is 11.3 Å². The highest BCUT2D eigenvalue weighted by Gasteiger charge is 2.40. The van der Waals surface area contributed by atoms with Crippen molar-refractivity contribution in [3.63, 3.8) is 0 Å². The predicted octanol–water partition coefficient (Wildman–Crippen LogP) is 1.29. The maximum Gasteiger partial charge on any atom is 0.274 e. The molecule has 0 saturated carbocycles. The second kappa shape index (κ2) is 11.2. The fourth-order valence-electron chi connectivity index (χ4n) is 6.23. The van der Waals surface area contributed by atoms with Gasteiger partial charge in [0, 0.05) is 56.9 Å². The first-order valence-corrected chi connectivity index (χ1v) is 15.5. The van der Waals surface area contributed by atoms with Crippen LogP contribution < -0.4 is 4.74 Å². The lowest BCUT2D eigenvalue weighted by Gasteiger charge is -2.36. The molecule has 39 heavy (non-hydrogen) atoms. The van der Waals surface area contributed by atoms with Gasteiger partial charge in [0.05, 0.1) is 51.0 Å². The topological polar surface area (TPSA) is 106 Å². The maximum atomic E-state index is 13.7. The number of sulfone groups is 1. The van der Waals surface area contributed by atoms with Crippen LogP contribution >= 0.6 is 0 Å². The number of likely N-dealkylation sites (tertiary alicyclic amines) is 1. The van der Waals surface area contributed by atoms with Gasteiger partial charge in [-0.15, -0.1) is 0 Å². The highest BCUT2D eigenvalue weighted by Crippen LogP contribution is 2.45. The van der Waals surface area contributed by atoms with Crippen LogP contribution in [0, 0.1) is 0 Å². The van der Waals surface area contributed by atoms with Gasteiger partial charge in [-0.1, -0.05) is 12.1 Å². The number of carbonyl (C=O) groups is 1. The molecule has 12 heteroatoms. The summed E-state index contributed by atoms with van der Waals surface area (Å²) < 4.78 is 45.5. The van der Waals surface area contributed by atoms with E-state index in [4.69, 9.17) is 19.3 Å². The Kier molecular flexibility index (Phi) is 7.64. The van der Waals surface area contributed by atoms with Crippen molar-refractivity contribution in [3.05, 3.63) is 29.5 Å². The summed E-state index contributed by atoms with van der Waals surface area (Å²) in [6.07, 6.45) is 1.93. The van der Waals surface area contributed by atoms with E-state index in [0.717, 1.165) is 71.0 Å². The molecule has 2 aromatic rings. The third-order valence-electron chi connectivity index (χ3n) is 8.27. The summed E-state index contributed by atoms with van der Waals surface area (Å²) in [5.74, 6) is -0.174. The van der Waals surface area contributed by atoms with Gasteiger partial charge in [-0.2, -0.15) is 5.10 Å². The van der Waals surface area contributed by atoms with Gasteiger partial charge in [0.15, 0.2) is 15.5 Å². The van der Waals surface area contributed by atoms with Crippen molar-refractivity contribution in [2.75, 3.05) is 85.9 Å². The number of ether oxygens (including phenoxy) is 3. The number of amides is 1. The zero-order valence-electron chi connectivity index (χ0n) is 22.5. The van der Waals surface area contributed by atoms with Crippen molar-refractivity contribution in [2.45, 2.75) is 29.5 Å². The van der Waals surface area contributed by atoms with E-state index in [0.29, 0.717) is 43.2 Å². The summed E-state index contributed by atoms with van der Waals surface area (Å²) in [5, 5.41) is 4.92. The number of nitrogens with zero attached hydrogens (tertiary/aromatic N) is 5. The smallest absolute Gasteiger partial charge is 0.274 e. The van der Waals surface area contributed by atoms with Crippen molar-refractivity contribution >= 4 is 15.7 Å². The first kappa shape index (κ1) is 26.7. The first-order valence-electron chi connectivity index (χ1n) is 13.9. The standard InChI is InChI=1S/C27H37N5O6S/c1-36-23-6-2-5-21-25-22(19-39(34,35)26(21)23)24(27(33)31-12-16-38-17-13-31)28-32(25)20-4-3-7-30(18-20)9-8-29-10-14-37-15-11-29/h2,5-6,20H,3-4,7-19H2,1H3/t20-/m0/s1. The van der Waals surface area contributed by atoms with Gasteiger partial charge in [-0.05, 0) is 25.5 Å². The summed E-state index contributed by atoms with van der Waals surface area (Å²) in [4.78, 5) is 20.5. The van der Waals surface area contributed by atoms with E-state index >= 15 is 0 Å². The Morgan fingerprint density at radius 3 is 2.49 bits per heavy atom. The molecule has 0 radical (unpaired) electrons. The number of rotatable bonds is 6. The molecule has 0 unspecified atom stereocenters.